The third-order valence-corrected chi connectivity index (χ3v) is 4.18. The van der Waals surface area contributed by atoms with E-state index in [-0.39, 0.29) is 5.91 Å². The number of carbonyl (C=O) groups excluding carboxylic acids is 1. The summed E-state index contributed by atoms with van der Waals surface area (Å²) >= 11 is 7.46. The predicted octanol–water partition coefficient (Wildman–Crippen LogP) is 4.63. The van der Waals surface area contributed by atoms with Crippen LogP contribution < -0.4 is 10.1 Å². The Morgan fingerprint density at radius 3 is 2.65 bits per heavy atom. The van der Waals surface area contributed by atoms with E-state index in [1.54, 1.807) is 35.8 Å². The summed E-state index contributed by atoms with van der Waals surface area (Å²) < 4.78 is 5.69. The van der Waals surface area contributed by atoms with Gasteiger partial charge in [-0.2, -0.15) is 0 Å². The number of hydrogen-bond acceptors (Lipinski definition) is 4. The molecular weight excluding hydrogens is 332 g/mol. The number of ether oxygens (including phenoxy) is 1. The molecule has 0 atom stereocenters. The first-order valence-corrected chi connectivity index (χ1v) is 8.15. The van der Waals surface area contributed by atoms with E-state index < -0.39 is 0 Å². The van der Waals surface area contributed by atoms with Gasteiger partial charge in [0, 0.05) is 27.7 Å². The first kappa shape index (κ1) is 15.5. The molecule has 0 aliphatic carbocycles. The minimum Gasteiger partial charge on any atom is -0.489 e. The molecule has 0 aliphatic rings. The van der Waals surface area contributed by atoms with Crippen molar-refractivity contribution in [3.8, 4) is 5.75 Å². The van der Waals surface area contributed by atoms with Gasteiger partial charge in [0.2, 0.25) is 0 Å². The molecule has 1 N–H and O–H groups in total. The Bertz CT molecular complexity index is 789. The van der Waals surface area contributed by atoms with Crippen LogP contribution in [-0.4, -0.2) is 10.9 Å². The molecule has 2 aromatic carbocycles. The van der Waals surface area contributed by atoms with Crippen LogP contribution in [0.4, 0.5) is 5.13 Å². The number of halogens is 1. The molecule has 4 nitrogen and oxygen atoms in total. The van der Waals surface area contributed by atoms with Crippen molar-refractivity contribution in [2.24, 2.45) is 0 Å². The molecule has 23 heavy (non-hydrogen) atoms. The number of rotatable bonds is 5. The van der Waals surface area contributed by atoms with Gasteiger partial charge in [-0.25, -0.2) is 4.98 Å². The smallest absolute Gasteiger partial charge is 0.257 e. The highest BCUT2D eigenvalue weighted by Gasteiger charge is 2.08. The number of hydrogen-bond donors (Lipinski definition) is 1. The summed E-state index contributed by atoms with van der Waals surface area (Å²) in [6.07, 6.45) is 1.64. The minimum absolute atomic E-state index is 0.197. The van der Waals surface area contributed by atoms with Gasteiger partial charge in [0.15, 0.2) is 5.13 Å². The highest BCUT2D eigenvalue weighted by Crippen LogP contribution is 2.19. The van der Waals surface area contributed by atoms with Crippen LogP contribution in [0, 0.1) is 0 Å². The van der Waals surface area contributed by atoms with Gasteiger partial charge in [-0.15, -0.1) is 11.3 Å². The number of anilines is 1. The van der Waals surface area contributed by atoms with Crippen molar-refractivity contribution >= 4 is 34.0 Å². The fourth-order valence-electron chi connectivity index (χ4n) is 1.93. The van der Waals surface area contributed by atoms with E-state index in [1.807, 2.05) is 24.3 Å². The Balaban J connectivity index is 1.61. The summed E-state index contributed by atoms with van der Waals surface area (Å²) in [5.41, 5.74) is 1.46. The van der Waals surface area contributed by atoms with Crippen molar-refractivity contribution < 1.29 is 9.53 Å². The van der Waals surface area contributed by atoms with Crippen LogP contribution in [0.15, 0.2) is 60.1 Å². The monoisotopic (exact) mass is 344 g/mol. The summed E-state index contributed by atoms with van der Waals surface area (Å²) in [7, 11) is 0. The Hall–Kier alpha value is -2.37. The van der Waals surface area contributed by atoms with E-state index in [4.69, 9.17) is 16.3 Å². The van der Waals surface area contributed by atoms with Crippen LogP contribution in [0.3, 0.4) is 0 Å². The molecule has 0 bridgehead atoms. The number of thiazole rings is 1. The number of aromatic nitrogens is 1. The lowest BCUT2D eigenvalue weighted by atomic mass is 10.2. The molecule has 1 aromatic heterocycles. The highest BCUT2D eigenvalue weighted by molar-refractivity contribution is 7.13. The van der Waals surface area contributed by atoms with E-state index in [1.165, 1.54) is 11.3 Å². The van der Waals surface area contributed by atoms with E-state index >= 15 is 0 Å². The standard InChI is InChI=1S/C17H13ClN2O2S/c18-15-4-2-1-3-13(15)11-22-14-7-5-12(6-8-14)16(21)20-17-19-9-10-23-17/h1-10H,11H2,(H,19,20,21). The zero-order chi connectivity index (χ0) is 16.1. The van der Waals surface area contributed by atoms with Gasteiger partial charge >= 0.3 is 0 Å². The molecule has 0 radical (unpaired) electrons. The highest BCUT2D eigenvalue weighted by atomic mass is 35.5. The van der Waals surface area contributed by atoms with Crippen molar-refractivity contribution in [3.63, 3.8) is 0 Å². The lowest BCUT2D eigenvalue weighted by Crippen LogP contribution is -2.11. The van der Waals surface area contributed by atoms with Gasteiger partial charge in [-0.3, -0.25) is 10.1 Å². The predicted molar refractivity (Wildman–Crippen MR) is 92.3 cm³/mol. The van der Waals surface area contributed by atoms with Crippen LogP contribution in [0.25, 0.3) is 0 Å². The van der Waals surface area contributed by atoms with Crippen molar-refractivity contribution in [2.45, 2.75) is 6.61 Å². The molecule has 6 heteroatoms. The summed E-state index contributed by atoms with van der Waals surface area (Å²) in [5, 5.41) is 5.79. The molecule has 0 aliphatic heterocycles. The Kier molecular flexibility index (Phi) is 4.90. The zero-order valence-electron chi connectivity index (χ0n) is 12.0. The topological polar surface area (TPSA) is 51.2 Å². The minimum atomic E-state index is -0.197. The maximum Gasteiger partial charge on any atom is 0.257 e. The van der Waals surface area contributed by atoms with Crippen molar-refractivity contribution in [1.82, 2.24) is 4.98 Å². The number of nitrogens with zero attached hydrogens (tertiary/aromatic N) is 1. The second-order valence-electron chi connectivity index (χ2n) is 4.70. The number of amides is 1. The van der Waals surface area contributed by atoms with Crippen LogP contribution in [0.5, 0.6) is 5.75 Å². The van der Waals surface area contributed by atoms with Gasteiger partial charge in [-0.1, -0.05) is 29.8 Å². The third-order valence-electron chi connectivity index (χ3n) is 3.12. The molecular formula is C17H13ClN2O2S. The van der Waals surface area contributed by atoms with Crippen LogP contribution >= 0.6 is 22.9 Å². The maximum absolute atomic E-state index is 12.0. The molecule has 1 heterocycles. The largest absolute Gasteiger partial charge is 0.489 e. The number of benzene rings is 2. The molecule has 1 amide bonds. The lowest BCUT2D eigenvalue weighted by Gasteiger charge is -2.08. The first-order valence-electron chi connectivity index (χ1n) is 6.89. The molecule has 0 unspecified atom stereocenters. The average molecular weight is 345 g/mol. The molecule has 3 aromatic rings. The molecule has 3 rings (SSSR count). The van der Waals surface area contributed by atoms with Gasteiger partial charge < -0.3 is 4.74 Å². The van der Waals surface area contributed by atoms with E-state index in [2.05, 4.69) is 10.3 Å². The van der Waals surface area contributed by atoms with Crippen LogP contribution in [0.1, 0.15) is 15.9 Å². The maximum atomic E-state index is 12.0. The Morgan fingerprint density at radius 2 is 1.96 bits per heavy atom. The summed E-state index contributed by atoms with van der Waals surface area (Å²) in [6, 6.07) is 14.5. The normalized spacial score (nSPS) is 10.3. The summed E-state index contributed by atoms with van der Waals surface area (Å²) in [5.74, 6) is 0.480. The quantitative estimate of drug-likeness (QED) is 0.734. The molecule has 0 saturated heterocycles. The SMILES string of the molecule is O=C(Nc1nccs1)c1ccc(OCc2ccccc2Cl)cc1. The number of carbonyl (C=O) groups is 1. The molecule has 0 spiro atoms. The molecule has 0 fully saturated rings. The second-order valence-corrected chi connectivity index (χ2v) is 6.00. The number of nitrogens with one attached hydrogen (secondary N) is 1. The van der Waals surface area contributed by atoms with Gasteiger partial charge in [0.25, 0.3) is 5.91 Å². The van der Waals surface area contributed by atoms with Gasteiger partial charge in [-0.05, 0) is 30.3 Å². The van der Waals surface area contributed by atoms with Crippen LogP contribution in [-0.2, 0) is 6.61 Å². The molecule has 116 valence electrons. The molecule has 0 saturated carbocycles. The van der Waals surface area contributed by atoms with Crippen LogP contribution in [0.2, 0.25) is 5.02 Å². The Morgan fingerprint density at radius 1 is 1.17 bits per heavy atom. The average Bonchev–Trinajstić information content (AvgIpc) is 3.07. The van der Waals surface area contributed by atoms with Gasteiger partial charge in [0.05, 0.1) is 0 Å². The fourth-order valence-corrected chi connectivity index (χ4v) is 2.65. The first-order chi connectivity index (χ1) is 11.2. The van der Waals surface area contributed by atoms with Crippen molar-refractivity contribution in [3.05, 3.63) is 76.3 Å². The second kappa shape index (κ2) is 7.26. The van der Waals surface area contributed by atoms with Crippen molar-refractivity contribution in [2.75, 3.05) is 5.32 Å². The zero-order valence-corrected chi connectivity index (χ0v) is 13.6. The van der Waals surface area contributed by atoms with Crippen molar-refractivity contribution in [1.29, 1.82) is 0 Å². The van der Waals surface area contributed by atoms with E-state index in [9.17, 15) is 4.79 Å². The summed E-state index contributed by atoms with van der Waals surface area (Å²) in [4.78, 5) is 16.1. The van der Waals surface area contributed by atoms with E-state index in [0.29, 0.717) is 28.1 Å². The van der Waals surface area contributed by atoms with Gasteiger partial charge in [0.1, 0.15) is 12.4 Å². The fraction of sp³-hybridized carbons (Fsp3) is 0.0588. The van der Waals surface area contributed by atoms with E-state index in [0.717, 1.165) is 5.56 Å². The third kappa shape index (κ3) is 4.09. The summed E-state index contributed by atoms with van der Waals surface area (Å²) in [6.45, 7) is 0.379. The Labute approximate surface area is 142 Å². The lowest BCUT2D eigenvalue weighted by molar-refractivity contribution is 0.102.